The summed E-state index contributed by atoms with van der Waals surface area (Å²) in [4.78, 5) is 18.7. The van der Waals surface area contributed by atoms with Crippen molar-refractivity contribution in [1.29, 1.82) is 0 Å². The number of piperidine rings is 1. The summed E-state index contributed by atoms with van der Waals surface area (Å²) >= 11 is 0. The minimum atomic E-state index is 0. The van der Waals surface area contributed by atoms with Gasteiger partial charge in [-0.3, -0.25) is 14.7 Å². The number of guanidine groups is 1. The average Bonchev–Trinajstić information content (AvgIpc) is 3.48. The average molecular weight is 513 g/mol. The molecule has 29 heavy (non-hydrogen) atoms. The number of hydrogen-bond donors (Lipinski definition) is 3. The molecule has 0 unspecified atom stereocenters. The van der Waals surface area contributed by atoms with E-state index in [2.05, 4.69) is 58.1 Å². The molecule has 1 aromatic carbocycles. The fourth-order valence-corrected chi connectivity index (χ4v) is 3.87. The zero-order chi connectivity index (χ0) is 19.8. The van der Waals surface area contributed by atoms with E-state index in [-0.39, 0.29) is 29.9 Å². The van der Waals surface area contributed by atoms with Crippen LogP contribution >= 0.6 is 24.0 Å². The van der Waals surface area contributed by atoms with E-state index in [1.807, 2.05) is 0 Å². The Morgan fingerprint density at radius 3 is 2.48 bits per heavy atom. The highest BCUT2D eigenvalue weighted by Crippen LogP contribution is 2.48. The van der Waals surface area contributed by atoms with Gasteiger partial charge < -0.3 is 16.0 Å². The molecule has 1 heterocycles. The largest absolute Gasteiger partial charge is 0.358 e. The Morgan fingerprint density at radius 2 is 1.90 bits per heavy atom. The molecule has 1 saturated carbocycles. The molecular formula is C22H36IN5O. The molecule has 1 aliphatic carbocycles. The molecule has 2 aliphatic rings. The van der Waals surface area contributed by atoms with Crippen LogP contribution < -0.4 is 16.0 Å². The lowest BCUT2D eigenvalue weighted by molar-refractivity contribution is -0.122. The highest BCUT2D eigenvalue weighted by molar-refractivity contribution is 14.0. The highest BCUT2D eigenvalue weighted by atomic mass is 127. The van der Waals surface area contributed by atoms with E-state index < -0.39 is 0 Å². The second kappa shape index (κ2) is 11.7. The van der Waals surface area contributed by atoms with Crippen LogP contribution in [0.5, 0.6) is 0 Å². The fraction of sp³-hybridized carbons (Fsp3) is 0.636. The number of likely N-dealkylation sites (tertiary alicyclic amines) is 1. The number of amides is 1. The van der Waals surface area contributed by atoms with Gasteiger partial charge in [-0.25, -0.2) is 0 Å². The lowest BCUT2D eigenvalue weighted by Crippen LogP contribution is -2.50. The van der Waals surface area contributed by atoms with Crippen molar-refractivity contribution in [1.82, 2.24) is 20.9 Å². The molecular weight excluding hydrogens is 477 g/mol. The molecule has 0 aromatic heterocycles. The van der Waals surface area contributed by atoms with Crippen LogP contribution in [0.4, 0.5) is 0 Å². The third-order valence-corrected chi connectivity index (χ3v) is 5.87. The first-order chi connectivity index (χ1) is 13.6. The molecule has 6 nitrogen and oxygen atoms in total. The summed E-state index contributed by atoms with van der Waals surface area (Å²) in [5.41, 5.74) is 1.76. The fourth-order valence-electron chi connectivity index (χ4n) is 3.87. The standard InChI is InChI=1S/C22H35N5O.HI/c1-3-24-21(26-19-9-13-27(14-10-19)16-20(28)23-2)25-17-22(11-12-22)15-18-7-5-4-6-8-18;/h4-8,19H,3,9-17H2,1-2H3,(H,23,28)(H2,24,25,26);1H. The van der Waals surface area contributed by atoms with Gasteiger partial charge in [-0.1, -0.05) is 30.3 Å². The third kappa shape index (κ3) is 7.77. The molecule has 1 aromatic rings. The molecule has 2 fully saturated rings. The number of rotatable bonds is 8. The Hall–Kier alpha value is -1.35. The van der Waals surface area contributed by atoms with E-state index in [1.54, 1.807) is 7.05 Å². The van der Waals surface area contributed by atoms with Gasteiger partial charge in [0.1, 0.15) is 0 Å². The van der Waals surface area contributed by atoms with Crippen LogP contribution in [0, 0.1) is 5.41 Å². The number of benzene rings is 1. The smallest absolute Gasteiger partial charge is 0.233 e. The number of hydrogen-bond acceptors (Lipinski definition) is 3. The number of likely N-dealkylation sites (N-methyl/N-ethyl adjacent to an activating group) is 1. The summed E-state index contributed by atoms with van der Waals surface area (Å²) in [6.07, 6.45) is 5.73. The summed E-state index contributed by atoms with van der Waals surface area (Å²) < 4.78 is 0. The zero-order valence-corrected chi connectivity index (χ0v) is 20.1. The quantitative estimate of drug-likeness (QED) is 0.284. The van der Waals surface area contributed by atoms with Gasteiger partial charge in [0.15, 0.2) is 5.96 Å². The van der Waals surface area contributed by atoms with E-state index in [0.29, 0.717) is 18.0 Å². The van der Waals surface area contributed by atoms with Gasteiger partial charge in [0.25, 0.3) is 0 Å². The molecule has 3 N–H and O–H groups in total. The van der Waals surface area contributed by atoms with Crippen molar-refractivity contribution in [2.45, 2.75) is 45.1 Å². The normalized spacial score (nSPS) is 19.2. The van der Waals surface area contributed by atoms with Crippen molar-refractivity contribution in [3.8, 4) is 0 Å². The van der Waals surface area contributed by atoms with E-state index >= 15 is 0 Å². The van der Waals surface area contributed by atoms with Crippen molar-refractivity contribution in [3.63, 3.8) is 0 Å². The summed E-state index contributed by atoms with van der Waals surface area (Å²) in [6, 6.07) is 11.2. The number of nitrogens with zero attached hydrogens (tertiary/aromatic N) is 2. The third-order valence-electron chi connectivity index (χ3n) is 5.87. The van der Waals surface area contributed by atoms with E-state index in [9.17, 15) is 4.79 Å². The van der Waals surface area contributed by atoms with Crippen LogP contribution in [0.25, 0.3) is 0 Å². The van der Waals surface area contributed by atoms with Crippen LogP contribution in [-0.2, 0) is 11.2 Å². The molecule has 0 bridgehead atoms. The second-order valence-electron chi connectivity index (χ2n) is 8.23. The van der Waals surface area contributed by atoms with Crippen molar-refractivity contribution in [2.75, 3.05) is 39.8 Å². The molecule has 7 heteroatoms. The lowest BCUT2D eigenvalue weighted by atomic mass is 9.97. The van der Waals surface area contributed by atoms with E-state index in [4.69, 9.17) is 4.99 Å². The first kappa shape index (κ1) is 23.9. The number of carbonyl (C=O) groups is 1. The molecule has 1 amide bonds. The van der Waals surface area contributed by atoms with Crippen LogP contribution in [0.3, 0.4) is 0 Å². The molecule has 1 aliphatic heterocycles. The molecule has 162 valence electrons. The van der Waals surface area contributed by atoms with E-state index in [0.717, 1.165) is 51.4 Å². The van der Waals surface area contributed by atoms with Gasteiger partial charge in [-0.05, 0) is 50.0 Å². The van der Waals surface area contributed by atoms with Crippen LogP contribution in [0.1, 0.15) is 38.2 Å². The summed E-state index contributed by atoms with van der Waals surface area (Å²) in [5, 5.41) is 9.73. The number of aliphatic imine (C=N–C) groups is 1. The second-order valence-corrected chi connectivity index (χ2v) is 8.23. The molecule has 3 rings (SSSR count). The first-order valence-corrected chi connectivity index (χ1v) is 10.6. The first-order valence-electron chi connectivity index (χ1n) is 10.6. The van der Waals surface area contributed by atoms with Crippen molar-refractivity contribution >= 4 is 35.8 Å². The minimum absolute atomic E-state index is 0. The minimum Gasteiger partial charge on any atom is -0.358 e. The van der Waals surface area contributed by atoms with Crippen LogP contribution in [-0.4, -0.2) is 62.6 Å². The summed E-state index contributed by atoms with van der Waals surface area (Å²) in [7, 11) is 1.69. The van der Waals surface area contributed by atoms with Crippen molar-refractivity contribution in [2.24, 2.45) is 10.4 Å². The zero-order valence-electron chi connectivity index (χ0n) is 17.7. The van der Waals surface area contributed by atoms with Crippen LogP contribution in [0.15, 0.2) is 35.3 Å². The molecule has 0 radical (unpaired) electrons. The van der Waals surface area contributed by atoms with Crippen molar-refractivity contribution in [3.05, 3.63) is 35.9 Å². The number of nitrogens with one attached hydrogen (secondary N) is 3. The predicted octanol–water partition coefficient (Wildman–Crippen LogP) is 2.39. The Morgan fingerprint density at radius 1 is 1.21 bits per heavy atom. The summed E-state index contributed by atoms with van der Waals surface area (Å²) in [5.74, 6) is 1.03. The Labute approximate surface area is 192 Å². The topological polar surface area (TPSA) is 68.8 Å². The Bertz CT molecular complexity index is 654. The Kier molecular flexibility index (Phi) is 9.68. The molecule has 0 atom stereocenters. The van der Waals surface area contributed by atoms with Gasteiger partial charge >= 0.3 is 0 Å². The molecule has 1 saturated heterocycles. The van der Waals surface area contributed by atoms with Gasteiger partial charge in [0.05, 0.1) is 6.54 Å². The highest BCUT2D eigenvalue weighted by Gasteiger charge is 2.42. The Balaban J connectivity index is 0.00000300. The van der Waals surface area contributed by atoms with E-state index in [1.165, 1.54) is 18.4 Å². The van der Waals surface area contributed by atoms with Gasteiger partial charge in [-0.2, -0.15) is 0 Å². The summed E-state index contributed by atoms with van der Waals surface area (Å²) in [6.45, 7) is 6.25. The number of halogens is 1. The lowest BCUT2D eigenvalue weighted by Gasteiger charge is -2.32. The van der Waals surface area contributed by atoms with Gasteiger partial charge in [-0.15, -0.1) is 24.0 Å². The monoisotopic (exact) mass is 513 g/mol. The van der Waals surface area contributed by atoms with Gasteiger partial charge in [0.2, 0.25) is 5.91 Å². The van der Waals surface area contributed by atoms with Crippen molar-refractivity contribution < 1.29 is 4.79 Å². The predicted molar refractivity (Wildman–Crippen MR) is 130 cm³/mol. The maximum Gasteiger partial charge on any atom is 0.233 e. The maximum atomic E-state index is 11.5. The SMILES string of the molecule is CCNC(=NCC1(Cc2ccccc2)CC1)NC1CCN(CC(=O)NC)CC1.I. The maximum absolute atomic E-state index is 11.5. The number of carbonyl (C=O) groups excluding carboxylic acids is 1. The van der Waals surface area contributed by atoms with Crippen LogP contribution in [0.2, 0.25) is 0 Å². The molecule has 0 spiro atoms. The van der Waals surface area contributed by atoms with Gasteiger partial charge in [0, 0.05) is 39.3 Å².